The second-order valence-corrected chi connectivity index (χ2v) is 3.10. The molecule has 0 rings (SSSR count). The Labute approximate surface area is 104 Å². The highest BCUT2D eigenvalue weighted by Crippen LogP contribution is 2.03. The molecule has 0 bridgehead atoms. The van der Waals surface area contributed by atoms with Gasteiger partial charge in [-0.3, -0.25) is 0 Å². The second kappa shape index (κ2) is 20.7. The van der Waals surface area contributed by atoms with E-state index in [4.69, 9.17) is 9.90 Å². The van der Waals surface area contributed by atoms with Crippen LogP contribution in [0.3, 0.4) is 0 Å². The van der Waals surface area contributed by atoms with Crippen LogP contribution < -0.4 is 5.11 Å². The van der Waals surface area contributed by atoms with E-state index in [9.17, 15) is 0 Å². The molecular formula is C10H31NO6. The quantitative estimate of drug-likeness (QED) is 0.504. The van der Waals surface area contributed by atoms with Crippen molar-refractivity contribution in [2.75, 3.05) is 26.2 Å². The summed E-state index contributed by atoms with van der Waals surface area (Å²) in [7, 11) is 0. The predicted octanol–water partition coefficient (Wildman–Crippen LogP) is -2.66. The van der Waals surface area contributed by atoms with Crippen LogP contribution in [0.25, 0.3) is 0 Å². The lowest BCUT2D eigenvalue weighted by Gasteiger charge is -2.34. The van der Waals surface area contributed by atoms with Crippen molar-refractivity contribution in [3.8, 4) is 0 Å². The average Bonchev–Trinajstić information content (AvgIpc) is 2.09. The molecule has 0 amide bonds. The van der Waals surface area contributed by atoms with Crippen LogP contribution in [0.4, 0.5) is 0 Å². The summed E-state index contributed by atoms with van der Waals surface area (Å²) >= 11 is 0. The zero-order valence-corrected chi connectivity index (χ0v) is 11.6. The van der Waals surface area contributed by atoms with Gasteiger partial charge in [-0.05, 0) is 34.6 Å². The highest BCUT2D eigenvalue weighted by Gasteiger charge is 2.16. The number of nitrogens with zero attached hydrogens (tertiary/aromatic N) is 1. The van der Waals surface area contributed by atoms with Gasteiger partial charge >= 0.3 is 0 Å². The lowest BCUT2D eigenvalue weighted by atomic mass is 10.3. The van der Waals surface area contributed by atoms with Crippen LogP contribution in [0.1, 0.15) is 34.6 Å². The number of rotatable bonds is 4. The van der Waals surface area contributed by atoms with E-state index in [-0.39, 0.29) is 21.9 Å². The Morgan fingerprint density at radius 2 is 0.941 bits per heavy atom. The molecule has 0 radical (unpaired) electrons. The van der Waals surface area contributed by atoms with Crippen molar-refractivity contribution >= 4 is 5.97 Å². The maximum absolute atomic E-state index is 8.89. The molecule has 0 saturated carbocycles. The van der Waals surface area contributed by atoms with Gasteiger partial charge in [0.2, 0.25) is 0 Å². The summed E-state index contributed by atoms with van der Waals surface area (Å²) in [5.74, 6) is -1.08. The van der Waals surface area contributed by atoms with Crippen LogP contribution in [0.15, 0.2) is 0 Å². The third-order valence-electron chi connectivity index (χ3n) is 2.68. The summed E-state index contributed by atoms with van der Waals surface area (Å²) in [5, 5.41) is 8.89. The first-order valence-corrected chi connectivity index (χ1v) is 5.00. The zero-order chi connectivity index (χ0) is 10.9. The molecule has 0 saturated heterocycles. The fourth-order valence-corrected chi connectivity index (χ4v) is 1.34. The lowest BCUT2D eigenvalue weighted by Crippen LogP contribution is -2.47. The first kappa shape index (κ1) is 36.0. The van der Waals surface area contributed by atoms with Crippen LogP contribution in [-0.4, -0.2) is 58.5 Å². The minimum absolute atomic E-state index is 0. The molecule has 0 aromatic rings. The lowest BCUT2D eigenvalue weighted by molar-refractivity contribution is -0.921. The van der Waals surface area contributed by atoms with Gasteiger partial charge in [-0.1, -0.05) is 0 Å². The summed E-state index contributed by atoms with van der Waals surface area (Å²) in [6.07, 6.45) is 0. The van der Waals surface area contributed by atoms with Crippen molar-refractivity contribution in [2.45, 2.75) is 34.6 Å². The van der Waals surface area contributed by atoms with Crippen LogP contribution in [0.5, 0.6) is 0 Å². The van der Waals surface area contributed by atoms with Crippen molar-refractivity contribution in [1.29, 1.82) is 0 Å². The monoisotopic (exact) mass is 261 g/mol. The zero-order valence-electron chi connectivity index (χ0n) is 11.6. The van der Waals surface area contributed by atoms with Gasteiger partial charge in [0.15, 0.2) is 0 Å². The largest absolute Gasteiger partial charge is 0.550 e. The molecule has 0 aliphatic rings. The highest BCUT2D eigenvalue weighted by atomic mass is 16.4. The summed E-state index contributed by atoms with van der Waals surface area (Å²) < 4.78 is 1.28. The number of hydrogen-bond donors (Lipinski definition) is 0. The number of carboxylic acid groups (broad SMARTS) is 1. The second-order valence-electron chi connectivity index (χ2n) is 3.10. The molecule has 0 aliphatic carbocycles. The van der Waals surface area contributed by atoms with Crippen molar-refractivity contribution in [1.82, 2.24) is 0 Å². The topological polar surface area (TPSA) is 166 Å². The van der Waals surface area contributed by atoms with E-state index in [2.05, 4.69) is 27.7 Å². The predicted molar refractivity (Wildman–Crippen MR) is 67.6 cm³/mol. The number of carbonyl (C=O) groups is 1. The summed E-state index contributed by atoms with van der Waals surface area (Å²) in [6, 6.07) is 0. The van der Waals surface area contributed by atoms with Gasteiger partial charge in [0, 0.05) is 5.97 Å². The van der Waals surface area contributed by atoms with E-state index in [0.29, 0.717) is 0 Å². The Morgan fingerprint density at radius 3 is 0.941 bits per heavy atom. The van der Waals surface area contributed by atoms with Gasteiger partial charge in [-0.25, -0.2) is 0 Å². The van der Waals surface area contributed by atoms with Gasteiger partial charge in [-0.2, -0.15) is 0 Å². The summed E-state index contributed by atoms with van der Waals surface area (Å²) in [5.41, 5.74) is 0. The Hall–Kier alpha value is -0.730. The standard InChI is InChI=1S/C8H20N.C2H4O2.4H2O/c1-5-9(6-2,7-3)8-4;1-2(3)4;;;;/h5-8H2,1-4H3;1H3,(H,3,4);4*1H2/q+1;;;;;/p-1. The minimum atomic E-state index is -1.08. The molecule has 17 heavy (non-hydrogen) atoms. The molecular weight excluding hydrogens is 230 g/mol. The third-order valence-corrected chi connectivity index (χ3v) is 2.68. The molecule has 7 heteroatoms. The maximum Gasteiger partial charge on any atom is 0.0757 e. The summed E-state index contributed by atoms with van der Waals surface area (Å²) in [4.78, 5) is 8.89. The van der Waals surface area contributed by atoms with E-state index in [0.717, 1.165) is 6.92 Å². The number of quaternary nitrogens is 1. The fourth-order valence-electron chi connectivity index (χ4n) is 1.34. The number of carbonyl (C=O) groups excluding carboxylic acids is 1. The van der Waals surface area contributed by atoms with Crippen LogP contribution in [-0.2, 0) is 4.79 Å². The number of carboxylic acids is 1. The molecule has 0 spiro atoms. The van der Waals surface area contributed by atoms with Crippen LogP contribution >= 0.6 is 0 Å². The van der Waals surface area contributed by atoms with Crippen molar-refractivity contribution in [2.24, 2.45) is 0 Å². The van der Waals surface area contributed by atoms with E-state index < -0.39 is 5.97 Å². The average molecular weight is 261 g/mol. The first-order chi connectivity index (χ1) is 5.97. The Balaban J connectivity index is -0.0000000338. The minimum Gasteiger partial charge on any atom is -0.550 e. The van der Waals surface area contributed by atoms with Crippen LogP contribution in [0.2, 0.25) is 0 Å². The van der Waals surface area contributed by atoms with Gasteiger partial charge in [0.05, 0.1) is 26.2 Å². The van der Waals surface area contributed by atoms with Gasteiger partial charge in [-0.15, -0.1) is 0 Å². The van der Waals surface area contributed by atoms with Crippen molar-refractivity contribution < 1.29 is 36.3 Å². The normalized spacial score (nSPS) is 7.82. The van der Waals surface area contributed by atoms with E-state index in [1.54, 1.807) is 0 Å². The molecule has 0 aliphatic heterocycles. The fraction of sp³-hybridized carbons (Fsp3) is 0.900. The van der Waals surface area contributed by atoms with E-state index in [1.165, 1.54) is 30.7 Å². The Kier molecular flexibility index (Phi) is 43.7. The smallest absolute Gasteiger partial charge is 0.0757 e. The summed E-state index contributed by atoms with van der Waals surface area (Å²) in [6.45, 7) is 15.2. The van der Waals surface area contributed by atoms with E-state index in [1.807, 2.05) is 0 Å². The van der Waals surface area contributed by atoms with Gasteiger partial charge < -0.3 is 36.3 Å². The first-order valence-electron chi connectivity index (χ1n) is 5.00. The highest BCUT2D eigenvalue weighted by molar-refractivity contribution is 5.60. The van der Waals surface area contributed by atoms with E-state index >= 15 is 0 Å². The molecule has 0 unspecified atom stereocenters. The van der Waals surface area contributed by atoms with Crippen molar-refractivity contribution in [3.05, 3.63) is 0 Å². The third kappa shape index (κ3) is 21.2. The molecule has 0 aromatic heterocycles. The molecule has 112 valence electrons. The maximum atomic E-state index is 8.89. The molecule has 0 heterocycles. The molecule has 7 nitrogen and oxygen atoms in total. The Bertz CT molecular complexity index is 117. The van der Waals surface area contributed by atoms with Gasteiger partial charge in [0.25, 0.3) is 0 Å². The van der Waals surface area contributed by atoms with Crippen molar-refractivity contribution in [3.63, 3.8) is 0 Å². The molecule has 0 aromatic carbocycles. The number of hydrogen-bond acceptors (Lipinski definition) is 2. The Morgan fingerprint density at radius 1 is 0.824 bits per heavy atom. The van der Waals surface area contributed by atoms with Gasteiger partial charge in [0.1, 0.15) is 0 Å². The molecule has 8 N–H and O–H groups in total. The number of aliphatic carboxylic acids is 1. The molecule has 0 atom stereocenters. The molecule has 0 fully saturated rings. The van der Waals surface area contributed by atoms with Crippen LogP contribution in [0, 0.1) is 0 Å². The SMILES string of the molecule is CC(=O)[O-].CC[N+](CC)(CC)CC.O.O.O.O.